The maximum atomic E-state index is 11.3. The summed E-state index contributed by atoms with van der Waals surface area (Å²) in [4.78, 5) is 0. The molecule has 0 amide bonds. The molecule has 3 N–H and O–H groups in total. The van der Waals surface area contributed by atoms with E-state index in [1.54, 1.807) is 0 Å². The zero-order valence-electron chi connectivity index (χ0n) is 23.3. The van der Waals surface area contributed by atoms with Gasteiger partial charge in [-0.2, -0.15) is 0 Å². The molecule has 4 fully saturated rings. The monoisotopic (exact) mass is 550 g/mol. The van der Waals surface area contributed by atoms with Crippen LogP contribution in [0.15, 0.2) is 12.2 Å². The Morgan fingerprint density at radius 1 is 1.08 bits per heavy atom. The average Bonchev–Trinajstić information content (AvgIpc) is 3.16. The van der Waals surface area contributed by atoms with Crippen molar-refractivity contribution in [2.24, 2.45) is 52.3 Å². The van der Waals surface area contributed by atoms with Gasteiger partial charge in [0.2, 0.25) is 10.4 Å². The molecule has 4 saturated carbocycles. The van der Waals surface area contributed by atoms with Crippen molar-refractivity contribution in [2.45, 2.75) is 97.2 Å². The minimum absolute atomic E-state index is 0. The van der Waals surface area contributed by atoms with Crippen molar-refractivity contribution >= 4 is 10.4 Å². The van der Waals surface area contributed by atoms with Crippen molar-refractivity contribution in [1.82, 2.24) is 0 Å². The second-order valence-corrected chi connectivity index (χ2v) is 14.2. The van der Waals surface area contributed by atoms with Gasteiger partial charge < -0.3 is 19.9 Å². The first-order valence-corrected chi connectivity index (χ1v) is 15.4. The smallest absolute Gasteiger partial charge is 0.726 e. The fourth-order valence-corrected chi connectivity index (χ4v) is 9.75. The molecule has 0 saturated heterocycles. The van der Waals surface area contributed by atoms with Crippen LogP contribution in [0, 0.1) is 52.3 Å². The third kappa shape index (κ3) is 6.38. The molecule has 0 bridgehead atoms. The van der Waals surface area contributed by atoms with Gasteiger partial charge in [-0.1, -0.05) is 32.9 Å². The predicted octanol–water partition coefficient (Wildman–Crippen LogP) is 1.04. The summed E-state index contributed by atoms with van der Waals surface area (Å²) in [5, 5.41) is 30.4. The Labute approximate surface area is 246 Å². The van der Waals surface area contributed by atoms with Crippen LogP contribution in [0.5, 0.6) is 0 Å². The maximum absolute atomic E-state index is 11.3. The molecule has 0 aliphatic heterocycles. The van der Waals surface area contributed by atoms with E-state index >= 15 is 0 Å². The van der Waals surface area contributed by atoms with E-state index in [9.17, 15) is 28.3 Å². The van der Waals surface area contributed by atoms with Crippen LogP contribution >= 0.6 is 0 Å². The second kappa shape index (κ2) is 12.2. The van der Waals surface area contributed by atoms with Crippen molar-refractivity contribution < 1.29 is 62.0 Å². The first kappa shape index (κ1) is 32.0. The van der Waals surface area contributed by atoms with Crippen LogP contribution in [0.25, 0.3) is 0 Å². The molecule has 0 aromatic carbocycles. The number of hydrogen-bond donors (Lipinski definition) is 3. The van der Waals surface area contributed by atoms with Crippen molar-refractivity contribution in [3.05, 3.63) is 12.2 Å². The van der Waals surface area contributed by atoms with Gasteiger partial charge in [-0.25, -0.2) is 8.42 Å². The first-order valence-electron chi connectivity index (χ1n) is 14.0. The van der Waals surface area contributed by atoms with Crippen LogP contribution < -0.4 is 29.6 Å². The molecule has 0 aromatic heterocycles. The van der Waals surface area contributed by atoms with E-state index < -0.39 is 22.6 Å². The van der Waals surface area contributed by atoms with E-state index in [0.29, 0.717) is 49.4 Å². The van der Waals surface area contributed by atoms with Crippen LogP contribution in [0.1, 0.15) is 85.0 Å². The summed E-state index contributed by atoms with van der Waals surface area (Å²) in [6, 6.07) is 0. The van der Waals surface area contributed by atoms with Gasteiger partial charge in [0.1, 0.15) is 0 Å². The molecule has 11 atom stereocenters. The molecule has 0 radical (unpaired) electrons. The molecule has 4 aliphatic carbocycles. The Morgan fingerprint density at radius 3 is 2.41 bits per heavy atom. The molecular weight excluding hydrogens is 503 g/mol. The molecule has 0 spiro atoms. The zero-order valence-corrected chi connectivity index (χ0v) is 26.1. The summed E-state index contributed by atoms with van der Waals surface area (Å²) in [5.41, 5.74) is 1.06. The van der Waals surface area contributed by atoms with Gasteiger partial charge >= 0.3 is 29.6 Å². The van der Waals surface area contributed by atoms with Gasteiger partial charge in [0, 0.05) is 6.61 Å². The maximum Gasteiger partial charge on any atom is 1.00 e. The largest absolute Gasteiger partial charge is 1.00 e. The number of aliphatic hydroxyl groups excluding tert-OH is 3. The minimum Gasteiger partial charge on any atom is -0.726 e. The summed E-state index contributed by atoms with van der Waals surface area (Å²) in [6.07, 6.45) is 8.00. The van der Waals surface area contributed by atoms with Crippen LogP contribution in [0.3, 0.4) is 0 Å². The molecule has 0 aromatic rings. The van der Waals surface area contributed by atoms with Crippen molar-refractivity contribution in [3.8, 4) is 0 Å². The van der Waals surface area contributed by atoms with Crippen molar-refractivity contribution in [1.29, 1.82) is 0 Å². The van der Waals surface area contributed by atoms with Crippen LogP contribution in [0.4, 0.5) is 0 Å². The fourth-order valence-electron chi connectivity index (χ4n) is 9.41. The Morgan fingerprint density at radius 2 is 1.76 bits per heavy atom. The van der Waals surface area contributed by atoms with Crippen molar-refractivity contribution in [2.75, 3.05) is 13.2 Å². The summed E-state index contributed by atoms with van der Waals surface area (Å²) >= 11 is 0. The van der Waals surface area contributed by atoms with Gasteiger partial charge in [-0.15, -0.1) is 0 Å². The quantitative estimate of drug-likeness (QED) is 0.169. The molecular formula is C28H47NaO7S. The molecule has 1 unspecified atom stereocenters. The Kier molecular flexibility index (Phi) is 10.5. The standard InChI is InChI=1S/C28H48O7S.Na/c1-17(18(2)15-29)5-6-19(16-35-36(32,33)34)22-9-10-23-21-8-7-20-13-25(30)26(31)14-28(20,4)24(21)11-12-27(22,23)3;/h18-26,29-31H,1,5-16H2,2-4H3,(H,32,33,34);/q;+1/p-1/t18-,19-,20?,21-,22+,23-,24-,25-,26-,27+,28-;/m0./s1. The van der Waals surface area contributed by atoms with Crippen molar-refractivity contribution in [3.63, 3.8) is 0 Å². The van der Waals surface area contributed by atoms with Gasteiger partial charge in [0.05, 0.1) is 18.8 Å². The van der Waals surface area contributed by atoms with E-state index in [1.165, 1.54) is 0 Å². The Bertz CT molecular complexity index is 912. The van der Waals surface area contributed by atoms with Crippen LogP contribution in [0.2, 0.25) is 0 Å². The number of hydrogen-bond acceptors (Lipinski definition) is 7. The Hall–Kier alpha value is 0.490. The molecule has 7 nitrogen and oxygen atoms in total. The van der Waals surface area contributed by atoms with Gasteiger partial charge in [-0.05, 0) is 116 Å². The second-order valence-electron chi connectivity index (χ2n) is 13.2. The van der Waals surface area contributed by atoms with E-state index in [0.717, 1.165) is 44.1 Å². The fraction of sp³-hybridized carbons (Fsp3) is 0.929. The SMILES string of the molecule is C=C(CC[C@@H](COS(=O)(=O)[O-])[C@H]1CC[C@H]2[C@@H]3CCC4C[C@H](O)[C@@H](O)C[C@]4(C)[C@H]3CC[C@]12C)[C@@H](C)CO.[Na+]. The molecule has 37 heavy (non-hydrogen) atoms. The summed E-state index contributed by atoms with van der Waals surface area (Å²) in [7, 11) is -4.76. The normalized spacial score (nSPS) is 43.1. The van der Waals surface area contributed by atoms with Gasteiger partial charge in [0.25, 0.3) is 0 Å². The number of aliphatic hydroxyl groups is 3. The molecule has 4 rings (SSSR count). The van der Waals surface area contributed by atoms with Crippen LogP contribution in [-0.2, 0) is 14.6 Å². The average molecular weight is 551 g/mol. The molecule has 4 aliphatic rings. The topological polar surface area (TPSA) is 127 Å². The van der Waals surface area contributed by atoms with Gasteiger partial charge in [0.15, 0.2) is 0 Å². The predicted molar refractivity (Wildman–Crippen MR) is 136 cm³/mol. The molecule has 9 heteroatoms. The zero-order chi connectivity index (χ0) is 26.5. The third-order valence-corrected chi connectivity index (χ3v) is 12.0. The first-order chi connectivity index (χ1) is 16.8. The van der Waals surface area contributed by atoms with Crippen LogP contribution in [-0.4, -0.2) is 53.7 Å². The van der Waals surface area contributed by atoms with E-state index in [1.807, 2.05) is 6.92 Å². The Balaban J connectivity index is 0.00000380. The number of fused-ring (bicyclic) bond motifs is 5. The summed E-state index contributed by atoms with van der Waals surface area (Å²) < 4.78 is 38.9. The third-order valence-electron chi connectivity index (χ3n) is 11.6. The van der Waals surface area contributed by atoms with E-state index in [-0.39, 0.29) is 71.4 Å². The number of rotatable bonds is 9. The minimum atomic E-state index is -4.76. The molecule has 208 valence electrons. The summed E-state index contributed by atoms with van der Waals surface area (Å²) in [5.74, 6) is 2.31. The van der Waals surface area contributed by atoms with Gasteiger partial charge in [-0.3, -0.25) is 4.18 Å². The van der Waals surface area contributed by atoms with E-state index in [4.69, 9.17) is 4.18 Å². The van der Waals surface area contributed by atoms with E-state index in [2.05, 4.69) is 20.4 Å². The molecule has 0 heterocycles. The summed E-state index contributed by atoms with van der Waals surface area (Å²) in [6.45, 7) is 10.7.